The van der Waals surface area contributed by atoms with E-state index in [2.05, 4.69) is 5.32 Å². The van der Waals surface area contributed by atoms with Crippen molar-refractivity contribution in [2.24, 2.45) is 0 Å². The molecule has 138 valence electrons. The van der Waals surface area contributed by atoms with E-state index in [0.717, 1.165) is 0 Å². The van der Waals surface area contributed by atoms with Gasteiger partial charge in [-0.15, -0.1) is 0 Å². The summed E-state index contributed by atoms with van der Waals surface area (Å²) >= 11 is 0. The number of benzene rings is 1. The summed E-state index contributed by atoms with van der Waals surface area (Å²) in [5, 5.41) is 3.09. The van der Waals surface area contributed by atoms with Crippen LogP contribution in [0.1, 0.15) is 31.1 Å². The fraction of sp³-hybridized carbons (Fsp3) is 0.556. The zero-order chi connectivity index (χ0) is 18.4. The monoisotopic (exact) mass is 350 g/mol. The van der Waals surface area contributed by atoms with E-state index < -0.39 is 5.97 Å². The van der Waals surface area contributed by atoms with Crippen molar-refractivity contribution >= 4 is 17.6 Å². The Hall–Kier alpha value is -2.28. The van der Waals surface area contributed by atoms with Gasteiger partial charge in [-0.3, -0.25) is 4.79 Å². The second-order valence-electron chi connectivity index (χ2n) is 6.24. The minimum absolute atomic E-state index is 0.0193. The SMILES string of the molecule is COC(=O)c1ccc(OC(C)C)c(NCC(=O)N2CCOC(C)C2)c1. The quantitative estimate of drug-likeness (QED) is 0.790. The van der Waals surface area contributed by atoms with Crippen LogP contribution in [0.25, 0.3) is 0 Å². The molecule has 2 rings (SSSR count). The Bertz CT molecular complexity index is 617. The maximum atomic E-state index is 12.4. The number of anilines is 1. The standard InChI is InChI=1S/C18H26N2O5/c1-12(2)25-16-6-5-14(18(22)23-4)9-15(16)19-10-17(21)20-7-8-24-13(3)11-20/h5-6,9,12-13,19H,7-8,10-11H2,1-4H3. The van der Waals surface area contributed by atoms with Crippen molar-refractivity contribution in [3.63, 3.8) is 0 Å². The molecule has 1 aromatic carbocycles. The number of nitrogens with one attached hydrogen (secondary N) is 1. The molecule has 0 aromatic heterocycles. The van der Waals surface area contributed by atoms with Gasteiger partial charge < -0.3 is 24.4 Å². The van der Waals surface area contributed by atoms with Crippen LogP contribution < -0.4 is 10.1 Å². The van der Waals surface area contributed by atoms with Crippen LogP contribution in [0.3, 0.4) is 0 Å². The first-order chi connectivity index (χ1) is 11.9. The van der Waals surface area contributed by atoms with Gasteiger partial charge in [0.2, 0.25) is 5.91 Å². The second kappa shape index (κ2) is 8.71. The first kappa shape index (κ1) is 19.1. The molecule has 0 saturated carbocycles. The summed E-state index contributed by atoms with van der Waals surface area (Å²) in [6, 6.07) is 4.98. The number of morpholine rings is 1. The van der Waals surface area contributed by atoms with Crippen molar-refractivity contribution in [2.75, 3.05) is 38.7 Å². The van der Waals surface area contributed by atoms with Crippen LogP contribution in [-0.2, 0) is 14.3 Å². The zero-order valence-corrected chi connectivity index (χ0v) is 15.2. The topological polar surface area (TPSA) is 77.1 Å². The highest BCUT2D eigenvalue weighted by Gasteiger charge is 2.21. The van der Waals surface area contributed by atoms with E-state index in [1.54, 1.807) is 23.1 Å². The number of ether oxygens (including phenoxy) is 3. The average Bonchev–Trinajstić information content (AvgIpc) is 2.59. The molecule has 1 N–H and O–H groups in total. The Labute approximate surface area is 148 Å². The van der Waals surface area contributed by atoms with Crippen LogP contribution >= 0.6 is 0 Å². The van der Waals surface area contributed by atoms with Crippen LogP contribution in [0.4, 0.5) is 5.69 Å². The molecular weight excluding hydrogens is 324 g/mol. The number of esters is 1. The lowest BCUT2D eigenvalue weighted by atomic mass is 10.2. The number of carbonyl (C=O) groups is 2. The fourth-order valence-electron chi connectivity index (χ4n) is 2.60. The first-order valence-electron chi connectivity index (χ1n) is 8.43. The lowest BCUT2D eigenvalue weighted by molar-refractivity contribution is -0.136. The highest BCUT2D eigenvalue weighted by atomic mass is 16.5. The van der Waals surface area contributed by atoms with Gasteiger partial charge in [0, 0.05) is 13.1 Å². The smallest absolute Gasteiger partial charge is 0.337 e. The fourth-order valence-corrected chi connectivity index (χ4v) is 2.60. The lowest BCUT2D eigenvalue weighted by Crippen LogP contribution is -2.46. The molecule has 1 heterocycles. The molecule has 0 radical (unpaired) electrons. The third-order valence-corrected chi connectivity index (χ3v) is 3.79. The highest BCUT2D eigenvalue weighted by Crippen LogP contribution is 2.27. The summed E-state index contributed by atoms with van der Waals surface area (Å²) in [6.07, 6.45) is 0.0144. The van der Waals surface area contributed by atoms with Crippen LogP contribution in [0.5, 0.6) is 5.75 Å². The Morgan fingerprint density at radius 2 is 2.16 bits per heavy atom. The van der Waals surface area contributed by atoms with Gasteiger partial charge >= 0.3 is 5.97 Å². The summed E-state index contributed by atoms with van der Waals surface area (Å²) in [4.78, 5) is 25.9. The maximum absolute atomic E-state index is 12.4. The zero-order valence-electron chi connectivity index (χ0n) is 15.2. The van der Waals surface area contributed by atoms with E-state index in [4.69, 9.17) is 14.2 Å². The van der Waals surface area contributed by atoms with Crippen molar-refractivity contribution in [3.05, 3.63) is 23.8 Å². The van der Waals surface area contributed by atoms with Crippen molar-refractivity contribution in [2.45, 2.75) is 33.0 Å². The number of hydrogen-bond donors (Lipinski definition) is 1. The largest absolute Gasteiger partial charge is 0.489 e. The van der Waals surface area contributed by atoms with Crippen LogP contribution in [0.15, 0.2) is 18.2 Å². The molecular formula is C18H26N2O5. The molecule has 1 saturated heterocycles. The Morgan fingerprint density at radius 3 is 2.80 bits per heavy atom. The highest BCUT2D eigenvalue weighted by molar-refractivity contribution is 5.91. The van der Waals surface area contributed by atoms with E-state index in [9.17, 15) is 9.59 Å². The number of rotatable bonds is 6. The van der Waals surface area contributed by atoms with Gasteiger partial charge in [-0.2, -0.15) is 0 Å². The predicted molar refractivity (Wildman–Crippen MR) is 94.0 cm³/mol. The Balaban J connectivity index is 2.09. The van der Waals surface area contributed by atoms with Crippen LogP contribution in [-0.4, -0.2) is 62.3 Å². The van der Waals surface area contributed by atoms with Crippen molar-refractivity contribution in [1.82, 2.24) is 4.90 Å². The summed E-state index contributed by atoms with van der Waals surface area (Å²) in [6.45, 7) is 7.61. The number of methoxy groups -OCH3 is 1. The minimum Gasteiger partial charge on any atom is -0.489 e. The van der Waals surface area contributed by atoms with Gasteiger partial charge in [0.25, 0.3) is 0 Å². The van der Waals surface area contributed by atoms with Crippen molar-refractivity contribution < 1.29 is 23.8 Å². The van der Waals surface area contributed by atoms with Gasteiger partial charge in [-0.05, 0) is 39.0 Å². The van der Waals surface area contributed by atoms with Crippen molar-refractivity contribution in [3.8, 4) is 5.75 Å². The maximum Gasteiger partial charge on any atom is 0.337 e. The molecule has 0 bridgehead atoms. The Kier molecular flexibility index (Phi) is 6.64. The van der Waals surface area contributed by atoms with Gasteiger partial charge in [-0.1, -0.05) is 0 Å². The van der Waals surface area contributed by atoms with E-state index in [0.29, 0.717) is 36.7 Å². The summed E-state index contributed by atoms with van der Waals surface area (Å²) in [7, 11) is 1.33. The average molecular weight is 350 g/mol. The third-order valence-electron chi connectivity index (χ3n) is 3.79. The van der Waals surface area contributed by atoms with Gasteiger partial charge in [0.1, 0.15) is 5.75 Å². The number of nitrogens with zero attached hydrogens (tertiary/aromatic N) is 1. The van der Waals surface area contributed by atoms with E-state index in [1.807, 2.05) is 20.8 Å². The number of carbonyl (C=O) groups excluding carboxylic acids is 2. The predicted octanol–water partition coefficient (Wildman–Crippen LogP) is 1.92. The molecule has 7 nitrogen and oxygen atoms in total. The molecule has 7 heteroatoms. The van der Waals surface area contributed by atoms with Gasteiger partial charge in [-0.25, -0.2) is 4.79 Å². The molecule has 1 amide bonds. The molecule has 0 aliphatic carbocycles. The molecule has 1 aliphatic rings. The van der Waals surface area contributed by atoms with E-state index >= 15 is 0 Å². The molecule has 1 aliphatic heterocycles. The molecule has 25 heavy (non-hydrogen) atoms. The summed E-state index contributed by atoms with van der Waals surface area (Å²) in [5.41, 5.74) is 0.986. The molecule has 0 spiro atoms. The van der Waals surface area contributed by atoms with Gasteiger partial charge in [0.05, 0.1) is 43.7 Å². The molecule has 1 unspecified atom stereocenters. The molecule has 1 fully saturated rings. The number of hydrogen-bond acceptors (Lipinski definition) is 6. The van der Waals surface area contributed by atoms with Crippen LogP contribution in [0.2, 0.25) is 0 Å². The Morgan fingerprint density at radius 1 is 1.40 bits per heavy atom. The molecule has 1 atom stereocenters. The van der Waals surface area contributed by atoms with Crippen LogP contribution in [0, 0.1) is 0 Å². The normalized spacial score (nSPS) is 17.3. The second-order valence-corrected chi connectivity index (χ2v) is 6.24. The third kappa shape index (κ3) is 5.35. The summed E-state index contributed by atoms with van der Waals surface area (Å²) in [5.74, 6) is 0.132. The minimum atomic E-state index is -0.438. The van der Waals surface area contributed by atoms with Gasteiger partial charge in [0.15, 0.2) is 0 Å². The number of amides is 1. The van der Waals surface area contributed by atoms with E-state index in [1.165, 1.54) is 7.11 Å². The first-order valence-corrected chi connectivity index (χ1v) is 8.43. The lowest BCUT2D eigenvalue weighted by Gasteiger charge is -2.31. The molecule has 1 aromatic rings. The van der Waals surface area contributed by atoms with Crippen molar-refractivity contribution in [1.29, 1.82) is 0 Å². The van der Waals surface area contributed by atoms with E-state index in [-0.39, 0.29) is 24.7 Å². The summed E-state index contributed by atoms with van der Waals surface area (Å²) < 4.78 is 15.9.